The van der Waals surface area contributed by atoms with Gasteiger partial charge in [-0.05, 0) is 42.5 Å². The molecule has 0 amide bonds. The van der Waals surface area contributed by atoms with Gasteiger partial charge in [-0.25, -0.2) is 4.39 Å². The Morgan fingerprint density at radius 2 is 2.15 bits per heavy atom. The maximum Gasteiger partial charge on any atom is 0.387 e. The molecular weight excluding hydrogens is 271 g/mol. The van der Waals surface area contributed by atoms with Gasteiger partial charge in [0.05, 0.1) is 6.61 Å². The van der Waals surface area contributed by atoms with Crippen LogP contribution in [0.2, 0.25) is 0 Å². The highest BCUT2D eigenvalue weighted by atomic mass is 19.3. The first-order valence-corrected chi connectivity index (χ1v) is 6.66. The molecule has 1 aromatic carbocycles. The molecule has 0 aliphatic carbocycles. The summed E-state index contributed by atoms with van der Waals surface area (Å²) in [5.74, 6) is 0.0183. The van der Waals surface area contributed by atoms with Gasteiger partial charge in [0.1, 0.15) is 11.9 Å². The molecule has 1 aliphatic heterocycles. The highest BCUT2D eigenvalue weighted by molar-refractivity contribution is 5.37. The molecule has 20 heavy (non-hydrogen) atoms. The van der Waals surface area contributed by atoms with Crippen molar-refractivity contribution in [3.8, 4) is 5.75 Å². The normalized spacial score (nSPS) is 23.6. The molecule has 0 unspecified atom stereocenters. The number of hydrogen-bond donors (Lipinski definition) is 2. The first-order valence-electron chi connectivity index (χ1n) is 6.66. The van der Waals surface area contributed by atoms with Crippen molar-refractivity contribution in [2.75, 3.05) is 6.54 Å². The van der Waals surface area contributed by atoms with Gasteiger partial charge in [-0.2, -0.15) is 8.78 Å². The van der Waals surface area contributed by atoms with E-state index in [1.807, 2.05) is 0 Å². The number of alkyl halides is 3. The van der Waals surface area contributed by atoms with Crippen molar-refractivity contribution in [2.24, 2.45) is 0 Å². The first-order chi connectivity index (χ1) is 9.60. The molecule has 0 bridgehead atoms. The van der Waals surface area contributed by atoms with Crippen LogP contribution in [0.4, 0.5) is 13.2 Å². The Hall–Kier alpha value is -1.27. The average molecular weight is 289 g/mol. The Kier molecular flexibility index (Phi) is 5.25. The molecule has 1 saturated heterocycles. The number of rotatable bonds is 4. The van der Waals surface area contributed by atoms with Crippen LogP contribution in [0.15, 0.2) is 18.2 Å². The number of halogens is 3. The van der Waals surface area contributed by atoms with E-state index in [0.717, 1.165) is 18.4 Å². The van der Waals surface area contributed by atoms with E-state index in [1.54, 1.807) is 6.07 Å². The van der Waals surface area contributed by atoms with E-state index in [1.165, 1.54) is 12.1 Å². The van der Waals surface area contributed by atoms with Gasteiger partial charge in [0.2, 0.25) is 0 Å². The van der Waals surface area contributed by atoms with E-state index in [4.69, 9.17) is 0 Å². The molecule has 0 radical (unpaired) electrons. The van der Waals surface area contributed by atoms with Crippen molar-refractivity contribution in [3.05, 3.63) is 29.3 Å². The summed E-state index contributed by atoms with van der Waals surface area (Å²) >= 11 is 0. The highest BCUT2D eigenvalue weighted by Gasteiger charge is 2.21. The van der Waals surface area contributed by atoms with Crippen LogP contribution in [-0.2, 0) is 6.61 Å². The monoisotopic (exact) mass is 289 g/mol. The lowest BCUT2D eigenvalue weighted by Crippen LogP contribution is -2.26. The van der Waals surface area contributed by atoms with E-state index in [-0.39, 0.29) is 24.9 Å². The summed E-state index contributed by atoms with van der Waals surface area (Å²) in [4.78, 5) is 0. The van der Waals surface area contributed by atoms with Crippen molar-refractivity contribution in [3.63, 3.8) is 0 Å². The van der Waals surface area contributed by atoms with Gasteiger partial charge >= 0.3 is 6.61 Å². The Labute approximate surface area is 115 Å². The third-order valence-corrected chi connectivity index (χ3v) is 3.48. The summed E-state index contributed by atoms with van der Waals surface area (Å²) in [6.07, 6.45) is 1.16. The lowest BCUT2D eigenvalue weighted by molar-refractivity contribution is -0.0499. The van der Waals surface area contributed by atoms with Crippen LogP contribution in [0.3, 0.4) is 0 Å². The molecule has 1 heterocycles. The summed E-state index contributed by atoms with van der Waals surface area (Å²) in [6.45, 7) is -2.90. The van der Waals surface area contributed by atoms with Gasteiger partial charge < -0.3 is 15.2 Å². The predicted octanol–water partition coefficient (Wildman–Crippen LogP) is 2.93. The smallest absolute Gasteiger partial charge is 0.387 e. The van der Waals surface area contributed by atoms with Crippen LogP contribution in [0, 0.1) is 0 Å². The lowest BCUT2D eigenvalue weighted by Gasteiger charge is -2.20. The quantitative estimate of drug-likeness (QED) is 0.895. The maximum atomic E-state index is 13.3. The summed E-state index contributed by atoms with van der Waals surface area (Å²) < 4.78 is 42.0. The minimum atomic E-state index is -2.89. The van der Waals surface area contributed by atoms with Crippen LogP contribution >= 0.6 is 0 Å². The van der Waals surface area contributed by atoms with Crippen molar-refractivity contribution in [2.45, 2.75) is 44.7 Å². The first kappa shape index (κ1) is 15.1. The maximum absolute atomic E-state index is 13.3. The molecule has 2 rings (SSSR count). The second-order valence-electron chi connectivity index (χ2n) is 4.89. The fourth-order valence-electron chi connectivity index (χ4n) is 2.52. The van der Waals surface area contributed by atoms with Crippen molar-refractivity contribution < 1.29 is 23.0 Å². The van der Waals surface area contributed by atoms with Gasteiger partial charge in [0.15, 0.2) is 0 Å². The Morgan fingerprint density at radius 3 is 2.85 bits per heavy atom. The number of aliphatic hydroxyl groups is 1. The van der Waals surface area contributed by atoms with Crippen LogP contribution in [0.25, 0.3) is 0 Å². The van der Waals surface area contributed by atoms with Crippen LogP contribution in [-0.4, -0.2) is 24.4 Å². The topological polar surface area (TPSA) is 41.5 Å². The third kappa shape index (κ3) is 3.86. The second-order valence-corrected chi connectivity index (χ2v) is 4.89. The molecule has 0 saturated carbocycles. The minimum absolute atomic E-state index is 0.0183. The summed E-state index contributed by atoms with van der Waals surface area (Å²) in [5, 5.41) is 12.5. The van der Waals surface area contributed by atoms with E-state index < -0.39 is 12.8 Å². The van der Waals surface area contributed by atoms with Crippen molar-refractivity contribution >= 4 is 0 Å². The van der Waals surface area contributed by atoms with Gasteiger partial charge in [-0.3, -0.25) is 0 Å². The Bertz CT molecular complexity index is 442. The van der Waals surface area contributed by atoms with Crippen LogP contribution in [0.5, 0.6) is 5.75 Å². The highest BCUT2D eigenvalue weighted by Crippen LogP contribution is 2.29. The Morgan fingerprint density at radius 1 is 1.35 bits per heavy atom. The third-order valence-electron chi connectivity index (χ3n) is 3.48. The van der Waals surface area contributed by atoms with E-state index >= 15 is 0 Å². The molecule has 112 valence electrons. The number of ether oxygens (including phenoxy) is 1. The zero-order valence-electron chi connectivity index (χ0n) is 11.0. The standard InChI is InChI=1S/C14H18F3NO2/c15-10-2-1-3-13(18-7-10)12-5-4-11(20-14(16)17)6-9(12)8-19/h4-6,10,13-14,18-19H,1-3,7-8H2/t10-,13-/m1/s1. The summed E-state index contributed by atoms with van der Waals surface area (Å²) in [7, 11) is 0. The van der Waals surface area contributed by atoms with Crippen molar-refractivity contribution in [1.29, 1.82) is 0 Å². The SMILES string of the molecule is OCc1cc(OC(F)F)ccc1[C@H]1CCC[C@@H](F)CN1. The predicted molar refractivity (Wildman–Crippen MR) is 68.5 cm³/mol. The number of aliphatic hydroxyl groups excluding tert-OH is 1. The molecule has 6 heteroatoms. The zero-order chi connectivity index (χ0) is 14.5. The van der Waals surface area contributed by atoms with Crippen molar-refractivity contribution in [1.82, 2.24) is 5.32 Å². The van der Waals surface area contributed by atoms with Gasteiger partial charge in [0.25, 0.3) is 0 Å². The van der Waals surface area contributed by atoms with Crippen LogP contribution in [0.1, 0.15) is 36.4 Å². The number of nitrogens with one attached hydrogen (secondary N) is 1. The second kappa shape index (κ2) is 6.95. The molecule has 1 aromatic rings. The summed E-state index contributed by atoms with van der Waals surface area (Å²) in [5.41, 5.74) is 1.33. The van der Waals surface area contributed by atoms with E-state index in [0.29, 0.717) is 12.0 Å². The number of hydrogen-bond acceptors (Lipinski definition) is 3. The fraction of sp³-hybridized carbons (Fsp3) is 0.571. The van der Waals surface area contributed by atoms with Crippen LogP contribution < -0.4 is 10.1 Å². The molecule has 1 aliphatic rings. The van der Waals surface area contributed by atoms with Gasteiger partial charge in [-0.15, -0.1) is 0 Å². The summed E-state index contributed by atoms with van der Waals surface area (Å²) in [6, 6.07) is 4.43. The molecule has 1 fully saturated rings. The largest absolute Gasteiger partial charge is 0.435 e. The van der Waals surface area contributed by atoms with E-state index in [9.17, 15) is 18.3 Å². The minimum Gasteiger partial charge on any atom is -0.435 e. The van der Waals surface area contributed by atoms with E-state index in [2.05, 4.69) is 10.1 Å². The van der Waals surface area contributed by atoms with Gasteiger partial charge in [-0.1, -0.05) is 6.07 Å². The molecule has 0 spiro atoms. The lowest BCUT2D eigenvalue weighted by atomic mass is 9.97. The molecule has 3 nitrogen and oxygen atoms in total. The molecule has 2 atom stereocenters. The molecular formula is C14H18F3NO2. The molecule has 2 N–H and O–H groups in total. The Balaban J connectivity index is 2.18. The number of benzene rings is 1. The average Bonchev–Trinajstić information content (AvgIpc) is 2.63. The zero-order valence-corrected chi connectivity index (χ0v) is 11.0. The van der Waals surface area contributed by atoms with Gasteiger partial charge in [0, 0.05) is 12.6 Å². The molecule has 0 aromatic heterocycles. The fourth-order valence-corrected chi connectivity index (χ4v) is 2.52.